The molecule has 2 saturated heterocycles. The summed E-state index contributed by atoms with van der Waals surface area (Å²) in [5.74, 6) is -1.16. The van der Waals surface area contributed by atoms with Gasteiger partial charge < -0.3 is 64.6 Å². The minimum Gasteiger partial charge on any atom is -0.508 e. The second-order valence-electron chi connectivity index (χ2n) is 10.1. The summed E-state index contributed by atoms with van der Waals surface area (Å²) in [5.41, 5.74) is -0.965. The molecule has 41 heavy (non-hydrogen) atoms. The molecule has 10 unspecified atom stereocenters. The summed E-state index contributed by atoms with van der Waals surface area (Å²) in [6.45, 7) is 0.631. The van der Waals surface area contributed by atoms with Crippen LogP contribution in [0.3, 0.4) is 0 Å². The number of rotatable bonds is 5. The molecule has 0 amide bonds. The molecule has 1 aromatic heterocycles. The monoisotopic (exact) mass is 578 g/mol. The van der Waals surface area contributed by atoms with Crippen molar-refractivity contribution in [3.8, 4) is 28.6 Å². The van der Waals surface area contributed by atoms with Crippen molar-refractivity contribution in [1.29, 1.82) is 0 Å². The third kappa shape index (κ3) is 5.14. The van der Waals surface area contributed by atoms with E-state index in [4.69, 9.17) is 18.6 Å². The standard InChI is InChI=1S/C27H30O14/c1-9-19(31)22(34)25(37)27(38-9)41-15-7-14-17(12(30)6-13(39-14)10-2-4-11(29)5-3-10)21(33)18(15)26-24(36)23(35)20(32)16(8-28)40-26/h2-7,9,16,19-20,22-29,31-37H,8H2,1H3. The molecular formula is C27H30O14. The highest BCUT2D eigenvalue weighted by molar-refractivity contribution is 5.88. The molecule has 14 nitrogen and oxygen atoms in total. The van der Waals surface area contributed by atoms with Gasteiger partial charge in [0.25, 0.3) is 0 Å². The average Bonchev–Trinajstić information content (AvgIpc) is 2.94. The normalized spacial score (nSPS) is 34.0. The first-order valence-corrected chi connectivity index (χ1v) is 12.7. The lowest BCUT2D eigenvalue weighted by molar-refractivity contribution is -0.269. The van der Waals surface area contributed by atoms with Crippen molar-refractivity contribution in [2.75, 3.05) is 6.61 Å². The van der Waals surface area contributed by atoms with E-state index in [9.17, 15) is 50.8 Å². The Morgan fingerprint density at radius 3 is 2.15 bits per heavy atom. The molecule has 0 spiro atoms. The molecule has 0 saturated carbocycles. The lowest BCUT2D eigenvalue weighted by atomic mass is 9.89. The van der Waals surface area contributed by atoms with Crippen molar-refractivity contribution < 1.29 is 64.6 Å². The van der Waals surface area contributed by atoms with E-state index in [1.807, 2.05) is 0 Å². The smallest absolute Gasteiger partial charge is 0.229 e. The predicted molar refractivity (Wildman–Crippen MR) is 137 cm³/mol. The minimum absolute atomic E-state index is 0.0260. The Hall–Kier alpha value is -3.31. The van der Waals surface area contributed by atoms with Gasteiger partial charge in [0.15, 0.2) is 5.43 Å². The van der Waals surface area contributed by atoms with Gasteiger partial charge in [0.05, 0.1) is 18.3 Å². The van der Waals surface area contributed by atoms with Gasteiger partial charge in [0, 0.05) is 17.7 Å². The number of hydrogen-bond donors (Lipinski definition) is 9. The summed E-state index contributed by atoms with van der Waals surface area (Å²) < 4.78 is 22.8. The number of benzene rings is 2. The van der Waals surface area contributed by atoms with Gasteiger partial charge in [-0.25, -0.2) is 0 Å². The van der Waals surface area contributed by atoms with Crippen LogP contribution in [-0.4, -0.2) is 108 Å². The van der Waals surface area contributed by atoms with Crippen LogP contribution in [0.1, 0.15) is 18.6 Å². The van der Waals surface area contributed by atoms with Gasteiger partial charge >= 0.3 is 0 Å². The number of aliphatic hydroxyl groups is 7. The van der Waals surface area contributed by atoms with Crippen molar-refractivity contribution in [3.05, 3.63) is 52.2 Å². The third-order valence-electron chi connectivity index (χ3n) is 7.37. The molecule has 3 heterocycles. The van der Waals surface area contributed by atoms with E-state index in [2.05, 4.69) is 0 Å². The van der Waals surface area contributed by atoms with Gasteiger partial charge in [0.2, 0.25) is 6.29 Å². The van der Waals surface area contributed by atoms with E-state index in [1.165, 1.54) is 31.2 Å². The van der Waals surface area contributed by atoms with Crippen LogP contribution in [0.5, 0.6) is 17.2 Å². The van der Waals surface area contributed by atoms with Gasteiger partial charge in [-0.15, -0.1) is 0 Å². The van der Waals surface area contributed by atoms with Crippen molar-refractivity contribution in [2.24, 2.45) is 0 Å². The van der Waals surface area contributed by atoms with Crippen LogP contribution in [0, 0.1) is 0 Å². The number of phenols is 2. The first-order valence-electron chi connectivity index (χ1n) is 12.7. The van der Waals surface area contributed by atoms with E-state index >= 15 is 0 Å². The second-order valence-corrected chi connectivity index (χ2v) is 10.1. The summed E-state index contributed by atoms with van der Waals surface area (Å²) in [7, 11) is 0. The van der Waals surface area contributed by atoms with Gasteiger partial charge in [-0.3, -0.25) is 4.79 Å². The molecule has 3 aromatic rings. The molecule has 5 rings (SSSR count). The molecule has 222 valence electrons. The van der Waals surface area contributed by atoms with Gasteiger partial charge in [0.1, 0.15) is 82.8 Å². The third-order valence-corrected chi connectivity index (χ3v) is 7.37. The van der Waals surface area contributed by atoms with Crippen LogP contribution in [0.4, 0.5) is 0 Å². The maximum Gasteiger partial charge on any atom is 0.229 e. The van der Waals surface area contributed by atoms with Crippen molar-refractivity contribution in [3.63, 3.8) is 0 Å². The van der Waals surface area contributed by atoms with Crippen molar-refractivity contribution in [2.45, 2.75) is 68.1 Å². The van der Waals surface area contributed by atoms with Crippen LogP contribution in [-0.2, 0) is 9.47 Å². The average molecular weight is 579 g/mol. The molecule has 14 heteroatoms. The molecule has 2 aliphatic rings. The quantitative estimate of drug-likeness (QED) is 0.169. The summed E-state index contributed by atoms with van der Waals surface area (Å²) in [5, 5.41) is 92.5. The predicted octanol–water partition coefficient (Wildman–Crippen LogP) is -1.41. The minimum atomic E-state index is -1.90. The molecule has 0 bridgehead atoms. The Kier molecular flexibility index (Phi) is 7.95. The highest BCUT2D eigenvalue weighted by Crippen LogP contribution is 2.46. The summed E-state index contributed by atoms with van der Waals surface area (Å²) in [6.07, 6.45) is -16.1. The van der Waals surface area contributed by atoms with Crippen LogP contribution in [0.2, 0.25) is 0 Å². The highest BCUT2D eigenvalue weighted by atomic mass is 16.7. The number of phenolic OH excluding ortho intramolecular Hbond substituents is 2. The van der Waals surface area contributed by atoms with E-state index in [0.717, 1.165) is 12.1 Å². The molecule has 0 aliphatic carbocycles. The lowest BCUT2D eigenvalue weighted by Gasteiger charge is -2.42. The van der Waals surface area contributed by atoms with E-state index in [0.29, 0.717) is 5.56 Å². The number of aliphatic hydroxyl groups excluding tert-OH is 7. The molecule has 2 aromatic carbocycles. The molecule has 2 fully saturated rings. The summed E-state index contributed by atoms with van der Waals surface area (Å²) in [6, 6.07) is 7.93. The zero-order chi connectivity index (χ0) is 29.7. The number of hydrogen-bond acceptors (Lipinski definition) is 14. The fourth-order valence-electron chi connectivity index (χ4n) is 5.01. The molecule has 0 radical (unpaired) electrons. The highest BCUT2D eigenvalue weighted by Gasteiger charge is 2.48. The topological polar surface area (TPSA) is 240 Å². The Morgan fingerprint density at radius 1 is 0.829 bits per heavy atom. The van der Waals surface area contributed by atoms with Crippen LogP contribution in [0.15, 0.2) is 45.6 Å². The molecule has 2 aliphatic heterocycles. The van der Waals surface area contributed by atoms with Crippen LogP contribution >= 0.6 is 0 Å². The molecular weight excluding hydrogens is 548 g/mol. The van der Waals surface area contributed by atoms with Crippen molar-refractivity contribution in [1.82, 2.24) is 0 Å². The lowest BCUT2D eigenvalue weighted by Crippen LogP contribution is -2.58. The molecule has 9 N–H and O–H groups in total. The maximum atomic E-state index is 13.2. The number of ether oxygens (including phenoxy) is 3. The van der Waals surface area contributed by atoms with Crippen LogP contribution in [0.25, 0.3) is 22.3 Å². The zero-order valence-electron chi connectivity index (χ0n) is 21.5. The SMILES string of the molecule is CC1OC(Oc2cc3oc(-c4ccc(O)cc4)cc(=O)c3c(O)c2C2OC(CO)C(O)C(O)C2O)C(O)C(O)C1O. The number of aromatic hydroxyl groups is 2. The summed E-state index contributed by atoms with van der Waals surface area (Å²) in [4.78, 5) is 13.2. The van der Waals surface area contributed by atoms with Gasteiger partial charge in [-0.05, 0) is 31.2 Å². The zero-order valence-corrected chi connectivity index (χ0v) is 21.5. The van der Waals surface area contributed by atoms with Crippen molar-refractivity contribution >= 4 is 11.0 Å². The Balaban J connectivity index is 1.69. The maximum absolute atomic E-state index is 13.2. The van der Waals surface area contributed by atoms with Gasteiger partial charge in [-0.1, -0.05) is 0 Å². The fraction of sp³-hybridized carbons (Fsp3) is 0.444. The Labute approximate surface area is 231 Å². The second kappa shape index (κ2) is 11.2. The Bertz CT molecular complexity index is 1450. The van der Waals surface area contributed by atoms with E-state index < -0.39 is 84.6 Å². The van der Waals surface area contributed by atoms with E-state index in [-0.39, 0.29) is 28.2 Å². The molecule has 10 atom stereocenters. The van der Waals surface area contributed by atoms with E-state index in [1.54, 1.807) is 0 Å². The fourth-order valence-corrected chi connectivity index (χ4v) is 5.01. The Morgan fingerprint density at radius 2 is 1.49 bits per heavy atom. The largest absolute Gasteiger partial charge is 0.508 e. The van der Waals surface area contributed by atoms with Crippen LogP contribution < -0.4 is 10.2 Å². The van der Waals surface area contributed by atoms with Gasteiger partial charge in [-0.2, -0.15) is 0 Å². The first-order chi connectivity index (χ1) is 19.4. The summed E-state index contributed by atoms with van der Waals surface area (Å²) >= 11 is 0. The number of fused-ring (bicyclic) bond motifs is 1. The first kappa shape index (κ1) is 29.2.